The van der Waals surface area contributed by atoms with Crippen LogP contribution in [0, 0.1) is 0 Å². The van der Waals surface area contributed by atoms with Crippen LogP contribution in [-0.2, 0) is 9.59 Å². The summed E-state index contributed by atoms with van der Waals surface area (Å²) in [6, 6.07) is -0.423. The summed E-state index contributed by atoms with van der Waals surface area (Å²) in [5.74, 6) is 0.0958. The van der Waals surface area contributed by atoms with Gasteiger partial charge in [-0.15, -0.1) is 0 Å². The molecule has 0 aromatic heterocycles. The van der Waals surface area contributed by atoms with E-state index in [9.17, 15) is 9.59 Å². The Kier molecular flexibility index (Phi) is 3.50. The fourth-order valence-corrected chi connectivity index (χ4v) is 2.71. The SMILES string of the molecule is CCC1NC(=O)C(CC)N(C2CC=CC2)C1=O. The number of nitrogens with one attached hydrogen (secondary N) is 1. The number of nitrogens with zero attached hydrogens (tertiary/aromatic N) is 1. The van der Waals surface area contributed by atoms with E-state index in [1.807, 2.05) is 18.7 Å². The quantitative estimate of drug-likeness (QED) is 0.749. The third-order valence-corrected chi connectivity index (χ3v) is 3.68. The van der Waals surface area contributed by atoms with Gasteiger partial charge in [0.1, 0.15) is 12.1 Å². The van der Waals surface area contributed by atoms with Crippen LogP contribution in [-0.4, -0.2) is 34.8 Å². The molecule has 1 aliphatic carbocycles. The Hall–Kier alpha value is -1.32. The van der Waals surface area contributed by atoms with Crippen molar-refractivity contribution in [2.75, 3.05) is 0 Å². The first-order valence-electron chi connectivity index (χ1n) is 6.46. The number of rotatable bonds is 3. The van der Waals surface area contributed by atoms with E-state index in [0.717, 1.165) is 12.8 Å². The molecule has 2 atom stereocenters. The monoisotopic (exact) mass is 236 g/mol. The van der Waals surface area contributed by atoms with E-state index >= 15 is 0 Å². The highest BCUT2D eigenvalue weighted by Crippen LogP contribution is 2.25. The zero-order valence-electron chi connectivity index (χ0n) is 10.5. The molecule has 94 valence electrons. The van der Waals surface area contributed by atoms with Gasteiger partial charge in [0.15, 0.2) is 0 Å². The van der Waals surface area contributed by atoms with Crippen LogP contribution in [0.25, 0.3) is 0 Å². The van der Waals surface area contributed by atoms with Crippen LogP contribution >= 0.6 is 0 Å². The Morgan fingerprint density at radius 2 is 1.88 bits per heavy atom. The summed E-state index contributed by atoms with van der Waals surface area (Å²) in [6.07, 6.45) is 7.30. The minimum Gasteiger partial charge on any atom is -0.343 e. The van der Waals surface area contributed by atoms with E-state index < -0.39 is 0 Å². The molecule has 4 nitrogen and oxygen atoms in total. The fourth-order valence-electron chi connectivity index (χ4n) is 2.71. The lowest BCUT2D eigenvalue weighted by Gasteiger charge is -2.42. The number of hydrogen-bond acceptors (Lipinski definition) is 2. The van der Waals surface area contributed by atoms with Crippen LogP contribution < -0.4 is 5.32 Å². The Balaban J connectivity index is 2.22. The Morgan fingerprint density at radius 1 is 1.24 bits per heavy atom. The summed E-state index contributed by atoms with van der Waals surface area (Å²) in [7, 11) is 0. The molecule has 1 saturated heterocycles. The topological polar surface area (TPSA) is 49.4 Å². The normalized spacial score (nSPS) is 29.9. The van der Waals surface area contributed by atoms with Crippen LogP contribution in [0.15, 0.2) is 12.2 Å². The summed E-state index contributed by atoms with van der Waals surface area (Å²) in [6.45, 7) is 3.89. The zero-order chi connectivity index (χ0) is 12.4. The number of carbonyl (C=O) groups is 2. The van der Waals surface area contributed by atoms with E-state index in [4.69, 9.17) is 0 Å². The number of hydrogen-bond donors (Lipinski definition) is 1. The van der Waals surface area contributed by atoms with E-state index in [-0.39, 0.29) is 29.9 Å². The molecule has 0 aromatic rings. The number of piperazine rings is 1. The van der Waals surface area contributed by atoms with Crippen LogP contribution in [0.2, 0.25) is 0 Å². The van der Waals surface area contributed by atoms with E-state index in [2.05, 4.69) is 17.5 Å². The molecule has 0 bridgehead atoms. The second-order valence-electron chi connectivity index (χ2n) is 4.74. The van der Waals surface area contributed by atoms with Gasteiger partial charge < -0.3 is 10.2 Å². The molecule has 2 aliphatic rings. The van der Waals surface area contributed by atoms with Crippen molar-refractivity contribution in [3.8, 4) is 0 Å². The molecule has 4 heteroatoms. The van der Waals surface area contributed by atoms with Gasteiger partial charge in [-0.05, 0) is 25.7 Å². The summed E-state index contributed by atoms with van der Waals surface area (Å²) >= 11 is 0. The maximum Gasteiger partial charge on any atom is 0.246 e. The molecule has 0 radical (unpaired) electrons. The summed E-state index contributed by atoms with van der Waals surface area (Å²) < 4.78 is 0. The van der Waals surface area contributed by atoms with E-state index in [1.165, 1.54) is 0 Å². The molecule has 1 heterocycles. The average Bonchev–Trinajstić information content (AvgIpc) is 2.84. The molecule has 1 aliphatic heterocycles. The van der Waals surface area contributed by atoms with Crippen molar-refractivity contribution >= 4 is 11.8 Å². The third-order valence-electron chi connectivity index (χ3n) is 3.68. The van der Waals surface area contributed by atoms with E-state index in [0.29, 0.717) is 12.8 Å². The Bertz CT molecular complexity index is 343. The van der Waals surface area contributed by atoms with Crippen LogP contribution in [0.5, 0.6) is 0 Å². The van der Waals surface area contributed by atoms with Gasteiger partial charge in [0.2, 0.25) is 11.8 Å². The number of carbonyl (C=O) groups excluding carboxylic acids is 2. The van der Waals surface area contributed by atoms with Gasteiger partial charge in [-0.3, -0.25) is 9.59 Å². The summed E-state index contributed by atoms with van der Waals surface area (Å²) in [5.41, 5.74) is 0. The molecule has 2 amide bonds. The predicted octanol–water partition coefficient (Wildman–Crippen LogP) is 1.22. The molecule has 1 N–H and O–H groups in total. The molecule has 17 heavy (non-hydrogen) atoms. The highest BCUT2D eigenvalue weighted by Gasteiger charge is 2.42. The van der Waals surface area contributed by atoms with Gasteiger partial charge in [-0.1, -0.05) is 26.0 Å². The summed E-state index contributed by atoms with van der Waals surface area (Å²) in [5, 5.41) is 2.82. The van der Waals surface area contributed by atoms with Gasteiger partial charge in [0.05, 0.1) is 0 Å². The maximum atomic E-state index is 12.3. The molecule has 2 rings (SSSR count). The Labute approximate surface area is 102 Å². The lowest BCUT2D eigenvalue weighted by molar-refractivity contribution is -0.152. The fraction of sp³-hybridized carbons (Fsp3) is 0.692. The Morgan fingerprint density at radius 3 is 2.41 bits per heavy atom. The van der Waals surface area contributed by atoms with Crippen LogP contribution in [0.1, 0.15) is 39.5 Å². The predicted molar refractivity (Wildman–Crippen MR) is 65.3 cm³/mol. The first kappa shape index (κ1) is 12.1. The second-order valence-corrected chi connectivity index (χ2v) is 4.74. The van der Waals surface area contributed by atoms with E-state index in [1.54, 1.807) is 0 Å². The van der Waals surface area contributed by atoms with Crippen molar-refractivity contribution in [3.63, 3.8) is 0 Å². The third kappa shape index (κ3) is 2.08. The van der Waals surface area contributed by atoms with Crippen molar-refractivity contribution in [3.05, 3.63) is 12.2 Å². The van der Waals surface area contributed by atoms with Gasteiger partial charge in [0.25, 0.3) is 0 Å². The smallest absolute Gasteiger partial charge is 0.246 e. The van der Waals surface area contributed by atoms with Gasteiger partial charge in [-0.25, -0.2) is 0 Å². The molecule has 0 aromatic carbocycles. The first-order valence-corrected chi connectivity index (χ1v) is 6.46. The molecule has 0 saturated carbocycles. The minimum absolute atomic E-state index is 0.00542. The van der Waals surface area contributed by atoms with Crippen molar-refractivity contribution in [2.24, 2.45) is 0 Å². The van der Waals surface area contributed by atoms with Crippen molar-refractivity contribution < 1.29 is 9.59 Å². The van der Waals surface area contributed by atoms with Crippen molar-refractivity contribution in [2.45, 2.75) is 57.7 Å². The van der Waals surface area contributed by atoms with Gasteiger partial charge in [0, 0.05) is 6.04 Å². The standard InChI is InChI=1S/C13H20N2O2/c1-3-10-13(17)15(9-7-5-6-8-9)11(4-2)12(16)14-10/h5-6,9-11H,3-4,7-8H2,1-2H3,(H,14,16). The van der Waals surface area contributed by atoms with Crippen LogP contribution in [0.3, 0.4) is 0 Å². The number of amides is 2. The van der Waals surface area contributed by atoms with Gasteiger partial charge >= 0.3 is 0 Å². The van der Waals surface area contributed by atoms with Crippen LogP contribution in [0.4, 0.5) is 0 Å². The minimum atomic E-state index is -0.328. The molecular weight excluding hydrogens is 216 g/mol. The largest absolute Gasteiger partial charge is 0.343 e. The second kappa shape index (κ2) is 4.90. The molecule has 0 spiro atoms. The summed E-state index contributed by atoms with van der Waals surface area (Å²) in [4.78, 5) is 26.2. The lowest BCUT2D eigenvalue weighted by atomic mass is 9.99. The highest BCUT2D eigenvalue weighted by atomic mass is 16.2. The lowest BCUT2D eigenvalue weighted by Crippen LogP contribution is -2.65. The maximum absolute atomic E-state index is 12.3. The molecule has 1 fully saturated rings. The first-order chi connectivity index (χ1) is 8.19. The molecule has 2 unspecified atom stereocenters. The van der Waals surface area contributed by atoms with Crippen molar-refractivity contribution in [1.29, 1.82) is 0 Å². The zero-order valence-corrected chi connectivity index (χ0v) is 10.5. The van der Waals surface area contributed by atoms with Crippen molar-refractivity contribution in [1.82, 2.24) is 10.2 Å². The molecular formula is C13H20N2O2. The average molecular weight is 236 g/mol. The van der Waals surface area contributed by atoms with Gasteiger partial charge in [-0.2, -0.15) is 0 Å². The highest BCUT2D eigenvalue weighted by molar-refractivity contribution is 5.97.